The fraction of sp³-hybridized carbons (Fsp3) is 0.375. The molecule has 0 atom stereocenters. The Balaban J connectivity index is 2.69. The molecule has 0 amide bonds. The Morgan fingerprint density at radius 3 is 2.81 bits per heavy atom. The van der Waals surface area contributed by atoms with E-state index in [1.54, 1.807) is 13.0 Å². The highest BCUT2D eigenvalue weighted by Gasteiger charge is 2.19. The maximum absolute atomic E-state index is 14.3. The molecule has 0 unspecified atom stereocenters. The summed E-state index contributed by atoms with van der Waals surface area (Å²) in [5.41, 5.74) is 2.15. The van der Waals surface area contributed by atoms with E-state index in [-0.39, 0.29) is 12.2 Å². The number of ether oxygens (including phenoxy) is 1. The van der Waals surface area contributed by atoms with Crippen molar-refractivity contribution in [2.24, 2.45) is 0 Å². The number of esters is 1. The van der Waals surface area contributed by atoms with E-state index in [1.165, 1.54) is 12.3 Å². The van der Waals surface area contributed by atoms with Gasteiger partial charge in [0.25, 0.3) is 0 Å². The number of rotatable bonds is 5. The number of halogens is 1. The molecule has 5 heteroatoms. The van der Waals surface area contributed by atoms with Gasteiger partial charge in [0.1, 0.15) is 11.4 Å². The number of aromatic nitrogens is 1. The Labute approximate surface area is 123 Å². The van der Waals surface area contributed by atoms with Gasteiger partial charge in [-0.05, 0) is 31.9 Å². The lowest BCUT2D eigenvalue weighted by Gasteiger charge is -2.15. The normalized spacial score (nSPS) is 10.7. The minimum atomic E-state index is -0.494. The lowest BCUT2D eigenvalue weighted by molar-refractivity contribution is 0.0527. The number of carbonyl (C=O) groups is 1. The first-order valence-corrected chi connectivity index (χ1v) is 7.08. The first-order valence-electron chi connectivity index (χ1n) is 7.08. The van der Waals surface area contributed by atoms with Crippen LogP contribution >= 0.6 is 0 Å². The molecule has 0 saturated heterocycles. The molecule has 1 N–H and O–H groups in total. The second-order valence-electron chi connectivity index (χ2n) is 4.78. The standard InChI is InChI=1S/C16H19FN2O2/c1-4-8-18-15-11(16(20)21-5-2)9-19-14-10(3)6-7-12(17)13(14)15/h6-7,9H,4-5,8H2,1-3H3,(H,18,19). The van der Waals surface area contributed by atoms with Gasteiger partial charge in [0.05, 0.1) is 23.2 Å². The van der Waals surface area contributed by atoms with Crippen LogP contribution in [0.1, 0.15) is 36.2 Å². The second kappa shape index (κ2) is 6.52. The van der Waals surface area contributed by atoms with Gasteiger partial charge in [0, 0.05) is 12.7 Å². The molecule has 2 aromatic rings. The number of nitrogens with zero attached hydrogens (tertiary/aromatic N) is 1. The van der Waals surface area contributed by atoms with E-state index in [4.69, 9.17) is 4.74 Å². The molecule has 0 aliphatic heterocycles. The number of benzene rings is 1. The molecule has 0 aliphatic carbocycles. The molecule has 1 aromatic carbocycles. The lowest BCUT2D eigenvalue weighted by Crippen LogP contribution is -2.12. The summed E-state index contributed by atoms with van der Waals surface area (Å²) in [6.45, 7) is 6.50. The average molecular weight is 290 g/mol. The highest BCUT2D eigenvalue weighted by atomic mass is 19.1. The molecule has 1 aromatic heterocycles. The fourth-order valence-corrected chi connectivity index (χ4v) is 2.20. The number of aryl methyl sites for hydroxylation is 1. The Bertz CT molecular complexity index is 671. The van der Waals surface area contributed by atoms with E-state index in [9.17, 15) is 9.18 Å². The molecule has 4 nitrogen and oxygen atoms in total. The van der Waals surface area contributed by atoms with Crippen molar-refractivity contribution in [1.29, 1.82) is 0 Å². The van der Waals surface area contributed by atoms with Gasteiger partial charge in [-0.15, -0.1) is 0 Å². The van der Waals surface area contributed by atoms with Crippen LogP contribution in [0.5, 0.6) is 0 Å². The van der Waals surface area contributed by atoms with Crippen LogP contribution in [0.3, 0.4) is 0 Å². The molecular formula is C16H19FN2O2. The molecule has 0 radical (unpaired) electrons. The van der Waals surface area contributed by atoms with E-state index in [2.05, 4.69) is 10.3 Å². The maximum Gasteiger partial charge on any atom is 0.341 e. The van der Waals surface area contributed by atoms with Crippen molar-refractivity contribution in [3.8, 4) is 0 Å². The Morgan fingerprint density at radius 1 is 1.38 bits per heavy atom. The van der Waals surface area contributed by atoms with Crippen LogP contribution in [0.15, 0.2) is 18.3 Å². The molecule has 2 rings (SSSR count). The van der Waals surface area contributed by atoms with Crippen molar-refractivity contribution < 1.29 is 13.9 Å². The van der Waals surface area contributed by atoms with Crippen molar-refractivity contribution in [3.05, 3.63) is 35.3 Å². The summed E-state index contributed by atoms with van der Waals surface area (Å²) in [5.74, 6) is -0.890. The van der Waals surface area contributed by atoms with E-state index in [0.29, 0.717) is 23.1 Å². The van der Waals surface area contributed by atoms with E-state index < -0.39 is 11.8 Å². The van der Waals surface area contributed by atoms with E-state index in [0.717, 1.165) is 12.0 Å². The van der Waals surface area contributed by atoms with Gasteiger partial charge in [-0.25, -0.2) is 9.18 Å². The molecular weight excluding hydrogens is 271 g/mol. The number of pyridine rings is 1. The van der Waals surface area contributed by atoms with Gasteiger partial charge in [-0.2, -0.15) is 0 Å². The zero-order valence-electron chi connectivity index (χ0n) is 12.5. The predicted molar refractivity (Wildman–Crippen MR) is 81.2 cm³/mol. The summed E-state index contributed by atoms with van der Waals surface area (Å²) in [6.07, 6.45) is 2.31. The monoisotopic (exact) mass is 290 g/mol. The minimum absolute atomic E-state index is 0.264. The first-order chi connectivity index (χ1) is 10.1. The third-order valence-corrected chi connectivity index (χ3v) is 3.22. The molecule has 112 valence electrons. The first kappa shape index (κ1) is 15.2. The second-order valence-corrected chi connectivity index (χ2v) is 4.78. The van der Waals surface area contributed by atoms with Crippen LogP contribution in [-0.2, 0) is 4.74 Å². The fourth-order valence-electron chi connectivity index (χ4n) is 2.20. The molecule has 0 bridgehead atoms. The Hall–Kier alpha value is -2.17. The third kappa shape index (κ3) is 2.96. The van der Waals surface area contributed by atoms with Crippen molar-refractivity contribution >= 4 is 22.6 Å². The van der Waals surface area contributed by atoms with Crippen molar-refractivity contribution in [2.75, 3.05) is 18.5 Å². The summed E-state index contributed by atoms with van der Waals surface area (Å²) in [6, 6.07) is 3.07. The summed E-state index contributed by atoms with van der Waals surface area (Å²) in [4.78, 5) is 16.3. The van der Waals surface area contributed by atoms with Crippen molar-refractivity contribution in [2.45, 2.75) is 27.2 Å². The van der Waals surface area contributed by atoms with Gasteiger partial charge in [-0.1, -0.05) is 13.0 Å². The average Bonchev–Trinajstić information content (AvgIpc) is 2.48. The van der Waals surface area contributed by atoms with Crippen LogP contribution < -0.4 is 5.32 Å². The summed E-state index contributed by atoms with van der Waals surface area (Å²) in [5, 5.41) is 3.47. The Morgan fingerprint density at radius 2 is 2.14 bits per heavy atom. The summed E-state index contributed by atoms with van der Waals surface area (Å²) in [7, 11) is 0. The van der Waals surface area contributed by atoms with Crippen LogP contribution in [0.25, 0.3) is 10.9 Å². The molecule has 0 aliphatic rings. The summed E-state index contributed by atoms with van der Waals surface area (Å²) < 4.78 is 19.3. The largest absolute Gasteiger partial charge is 0.462 e. The van der Waals surface area contributed by atoms with E-state index >= 15 is 0 Å². The van der Waals surface area contributed by atoms with Crippen LogP contribution in [0.4, 0.5) is 10.1 Å². The third-order valence-electron chi connectivity index (χ3n) is 3.22. The molecule has 0 saturated carbocycles. The number of fused-ring (bicyclic) bond motifs is 1. The van der Waals surface area contributed by atoms with Gasteiger partial charge < -0.3 is 10.1 Å². The van der Waals surface area contributed by atoms with Crippen molar-refractivity contribution in [1.82, 2.24) is 4.98 Å². The van der Waals surface area contributed by atoms with Gasteiger partial charge >= 0.3 is 5.97 Å². The lowest BCUT2D eigenvalue weighted by atomic mass is 10.1. The molecule has 0 spiro atoms. The SMILES string of the molecule is CCCNc1c(C(=O)OCC)cnc2c(C)ccc(F)c12. The van der Waals surface area contributed by atoms with Crippen molar-refractivity contribution in [3.63, 3.8) is 0 Å². The van der Waals surface area contributed by atoms with Gasteiger partial charge in [0.15, 0.2) is 0 Å². The zero-order chi connectivity index (χ0) is 15.4. The Kier molecular flexibility index (Phi) is 4.73. The van der Waals surface area contributed by atoms with Crippen LogP contribution in [0.2, 0.25) is 0 Å². The van der Waals surface area contributed by atoms with Crippen LogP contribution in [-0.4, -0.2) is 24.1 Å². The smallest absolute Gasteiger partial charge is 0.341 e. The minimum Gasteiger partial charge on any atom is -0.462 e. The summed E-state index contributed by atoms with van der Waals surface area (Å²) >= 11 is 0. The molecule has 0 fully saturated rings. The molecule has 1 heterocycles. The van der Waals surface area contributed by atoms with Gasteiger partial charge in [-0.3, -0.25) is 4.98 Å². The quantitative estimate of drug-likeness (QED) is 0.853. The number of nitrogens with one attached hydrogen (secondary N) is 1. The topological polar surface area (TPSA) is 51.2 Å². The van der Waals surface area contributed by atoms with Gasteiger partial charge in [0.2, 0.25) is 0 Å². The predicted octanol–water partition coefficient (Wildman–Crippen LogP) is 3.68. The van der Waals surface area contributed by atoms with Crippen LogP contribution in [0, 0.1) is 12.7 Å². The number of hydrogen-bond donors (Lipinski definition) is 1. The highest BCUT2D eigenvalue weighted by molar-refractivity contribution is 6.05. The maximum atomic E-state index is 14.3. The number of anilines is 1. The number of carbonyl (C=O) groups excluding carboxylic acids is 1. The number of hydrogen-bond acceptors (Lipinski definition) is 4. The zero-order valence-corrected chi connectivity index (χ0v) is 12.5. The molecule has 21 heavy (non-hydrogen) atoms. The van der Waals surface area contributed by atoms with E-state index in [1.807, 2.05) is 13.8 Å². The highest BCUT2D eigenvalue weighted by Crippen LogP contribution is 2.30.